The predicted octanol–water partition coefficient (Wildman–Crippen LogP) is 1.17. The van der Waals surface area contributed by atoms with E-state index < -0.39 is 41.4 Å². The summed E-state index contributed by atoms with van der Waals surface area (Å²) in [5, 5.41) is 13.0. The number of hydrogen-bond acceptors (Lipinski definition) is 8. The standard InChI is InChI=1S/C24H33N5O7/c1-6-35-19(31)13-15(2)26-18(30)14-28-11-12-29(22(33)21(28)32)17-9-7-16(8-10-17)20(25)27-23(34)36-24(3,4)5/h7-10,15H,6,11-14H2,1-5H3,(H,26,30)(H2,25,27,34). The van der Waals surface area contributed by atoms with Crippen molar-refractivity contribution >= 4 is 41.3 Å². The Kier molecular flexibility index (Phi) is 9.53. The first-order valence-corrected chi connectivity index (χ1v) is 11.6. The first kappa shape index (κ1) is 28.3. The Labute approximate surface area is 209 Å². The van der Waals surface area contributed by atoms with Crippen LogP contribution >= 0.6 is 0 Å². The maximum atomic E-state index is 12.7. The quantitative estimate of drug-likeness (QED) is 0.208. The number of anilines is 1. The molecule has 3 N–H and O–H groups in total. The van der Waals surface area contributed by atoms with Gasteiger partial charge in [-0.25, -0.2) is 4.79 Å². The van der Waals surface area contributed by atoms with Crippen LogP contribution in [0.15, 0.2) is 24.3 Å². The SMILES string of the molecule is CCOC(=O)CC(C)NC(=O)CN1CCN(c2ccc(C(=N)NC(=O)OC(C)(C)C)cc2)C(=O)C1=O. The highest BCUT2D eigenvalue weighted by Gasteiger charge is 2.34. The zero-order valence-corrected chi connectivity index (χ0v) is 21.2. The van der Waals surface area contributed by atoms with E-state index in [1.165, 1.54) is 17.0 Å². The van der Waals surface area contributed by atoms with E-state index in [0.29, 0.717) is 11.3 Å². The molecule has 12 heteroatoms. The van der Waals surface area contributed by atoms with Crippen molar-refractivity contribution in [3.8, 4) is 0 Å². The predicted molar refractivity (Wildman–Crippen MR) is 130 cm³/mol. The zero-order valence-electron chi connectivity index (χ0n) is 21.2. The fourth-order valence-electron chi connectivity index (χ4n) is 3.37. The van der Waals surface area contributed by atoms with E-state index in [4.69, 9.17) is 14.9 Å². The van der Waals surface area contributed by atoms with Gasteiger partial charge in [-0.15, -0.1) is 0 Å². The molecular weight excluding hydrogens is 470 g/mol. The number of carbonyl (C=O) groups excluding carboxylic acids is 5. The normalized spacial score (nSPS) is 14.7. The van der Waals surface area contributed by atoms with E-state index >= 15 is 0 Å². The van der Waals surface area contributed by atoms with Gasteiger partial charge in [0, 0.05) is 30.4 Å². The van der Waals surface area contributed by atoms with E-state index in [0.717, 1.165) is 4.90 Å². The van der Waals surface area contributed by atoms with Crippen molar-refractivity contribution in [2.45, 2.75) is 52.7 Å². The van der Waals surface area contributed by atoms with Gasteiger partial charge in [-0.1, -0.05) is 0 Å². The fraction of sp³-hybridized carbons (Fsp3) is 0.500. The number of nitrogens with zero attached hydrogens (tertiary/aromatic N) is 2. The first-order valence-electron chi connectivity index (χ1n) is 11.6. The molecule has 0 aliphatic carbocycles. The van der Waals surface area contributed by atoms with Crippen LogP contribution in [0.25, 0.3) is 0 Å². The van der Waals surface area contributed by atoms with Crippen LogP contribution in [0.1, 0.15) is 46.6 Å². The van der Waals surface area contributed by atoms with E-state index in [1.54, 1.807) is 46.8 Å². The number of amides is 4. The summed E-state index contributed by atoms with van der Waals surface area (Å²) in [5.74, 6) is -2.71. The molecule has 0 aromatic heterocycles. The number of hydrogen-bond donors (Lipinski definition) is 3. The third kappa shape index (κ3) is 8.36. The fourth-order valence-corrected chi connectivity index (χ4v) is 3.37. The van der Waals surface area contributed by atoms with Crippen molar-refractivity contribution < 1.29 is 33.4 Å². The number of piperazine rings is 1. The van der Waals surface area contributed by atoms with Gasteiger partial charge in [0.2, 0.25) is 5.91 Å². The van der Waals surface area contributed by atoms with Crippen LogP contribution < -0.4 is 15.5 Å². The summed E-state index contributed by atoms with van der Waals surface area (Å²) in [6.07, 6.45) is -0.756. The van der Waals surface area contributed by atoms with Crippen molar-refractivity contribution in [1.29, 1.82) is 5.41 Å². The van der Waals surface area contributed by atoms with Crippen molar-refractivity contribution in [2.75, 3.05) is 31.1 Å². The Hall–Kier alpha value is -3.96. The minimum absolute atomic E-state index is 0.000979. The Morgan fingerprint density at radius 1 is 1.08 bits per heavy atom. The lowest BCUT2D eigenvalue weighted by Crippen LogP contribution is -2.57. The van der Waals surface area contributed by atoms with E-state index in [-0.39, 0.29) is 38.5 Å². The maximum Gasteiger partial charge on any atom is 0.413 e. The number of alkyl carbamates (subject to hydrolysis) is 1. The lowest BCUT2D eigenvalue weighted by Gasteiger charge is -2.33. The first-order chi connectivity index (χ1) is 16.8. The summed E-state index contributed by atoms with van der Waals surface area (Å²) >= 11 is 0. The molecule has 1 aromatic rings. The highest BCUT2D eigenvalue weighted by atomic mass is 16.6. The van der Waals surface area contributed by atoms with Crippen LogP contribution in [-0.2, 0) is 28.7 Å². The summed E-state index contributed by atoms with van der Waals surface area (Å²) in [6, 6.07) is 5.72. The third-order valence-corrected chi connectivity index (χ3v) is 4.92. The summed E-state index contributed by atoms with van der Waals surface area (Å²) < 4.78 is 9.97. The van der Waals surface area contributed by atoms with Crippen LogP contribution in [0.3, 0.4) is 0 Å². The van der Waals surface area contributed by atoms with Crippen LogP contribution in [-0.4, -0.2) is 78.4 Å². The van der Waals surface area contributed by atoms with Crippen LogP contribution in [0.5, 0.6) is 0 Å². The molecular formula is C24H33N5O7. The molecule has 0 radical (unpaired) electrons. The average Bonchev–Trinajstić information content (AvgIpc) is 2.75. The molecule has 0 spiro atoms. The van der Waals surface area contributed by atoms with Crippen molar-refractivity contribution in [3.63, 3.8) is 0 Å². The maximum absolute atomic E-state index is 12.7. The lowest BCUT2D eigenvalue weighted by molar-refractivity contribution is -0.148. The molecule has 196 valence electrons. The topological polar surface area (TPSA) is 158 Å². The summed E-state index contributed by atoms with van der Waals surface area (Å²) in [4.78, 5) is 63.4. The molecule has 2 rings (SSSR count). The van der Waals surface area contributed by atoms with Crippen LogP contribution in [0.4, 0.5) is 10.5 Å². The third-order valence-electron chi connectivity index (χ3n) is 4.92. The Morgan fingerprint density at radius 2 is 1.72 bits per heavy atom. The van der Waals surface area contributed by atoms with E-state index in [1.807, 2.05) is 0 Å². The molecule has 1 fully saturated rings. The molecule has 36 heavy (non-hydrogen) atoms. The van der Waals surface area contributed by atoms with Gasteiger partial charge in [0.15, 0.2) is 0 Å². The summed E-state index contributed by atoms with van der Waals surface area (Å²) in [5.41, 5.74) is 0.120. The number of nitrogens with one attached hydrogen (secondary N) is 3. The van der Waals surface area contributed by atoms with E-state index in [9.17, 15) is 24.0 Å². The number of carbonyl (C=O) groups is 5. The second kappa shape index (κ2) is 12.1. The zero-order chi connectivity index (χ0) is 27.0. The van der Waals surface area contributed by atoms with Gasteiger partial charge >= 0.3 is 23.9 Å². The highest BCUT2D eigenvalue weighted by Crippen LogP contribution is 2.19. The van der Waals surface area contributed by atoms with Crippen molar-refractivity contribution in [1.82, 2.24) is 15.5 Å². The number of esters is 1. The molecule has 1 aromatic carbocycles. The number of benzene rings is 1. The minimum atomic E-state index is -0.821. The van der Waals surface area contributed by atoms with Gasteiger partial charge < -0.3 is 24.6 Å². The number of rotatable bonds is 8. The van der Waals surface area contributed by atoms with Gasteiger partial charge in [-0.2, -0.15) is 0 Å². The second-order valence-electron chi connectivity index (χ2n) is 9.21. The minimum Gasteiger partial charge on any atom is -0.466 e. The Balaban J connectivity index is 1.92. The molecule has 4 amide bonds. The molecule has 1 aliphatic rings. The molecule has 0 bridgehead atoms. The molecule has 1 atom stereocenters. The van der Waals surface area contributed by atoms with Crippen LogP contribution in [0, 0.1) is 5.41 Å². The Morgan fingerprint density at radius 3 is 2.31 bits per heavy atom. The van der Waals surface area contributed by atoms with Crippen LogP contribution in [0.2, 0.25) is 0 Å². The van der Waals surface area contributed by atoms with Gasteiger partial charge in [-0.05, 0) is 58.9 Å². The van der Waals surface area contributed by atoms with Gasteiger partial charge in [0.05, 0.1) is 13.0 Å². The van der Waals surface area contributed by atoms with Gasteiger partial charge in [0.25, 0.3) is 0 Å². The van der Waals surface area contributed by atoms with Gasteiger partial charge in [0.1, 0.15) is 18.0 Å². The second-order valence-corrected chi connectivity index (χ2v) is 9.21. The molecule has 0 saturated carbocycles. The highest BCUT2D eigenvalue weighted by molar-refractivity contribution is 6.41. The number of amidine groups is 1. The molecule has 1 aliphatic heterocycles. The van der Waals surface area contributed by atoms with Gasteiger partial charge in [-0.3, -0.25) is 29.9 Å². The molecule has 1 saturated heterocycles. The summed E-state index contributed by atoms with van der Waals surface area (Å²) in [7, 11) is 0. The van der Waals surface area contributed by atoms with Crippen molar-refractivity contribution in [3.05, 3.63) is 29.8 Å². The molecule has 12 nitrogen and oxygen atoms in total. The monoisotopic (exact) mass is 503 g/mol. The Bertz CT molecular complexity index is 1020. The number of ether oxygens (including phenoxy) is 2. The molecule has 1 unspecified atom stereocenters. The smallest absolute Gasteiger partial charge is 0.413 e. The lowest BCUT2D eigenvalue weighted by atomic mass is 10.1. The van der Waals surface area contributed by atoms with E-state index in [2.05, 4.69) is 10.6 Å². The molecule has 1 heterocycles. The average molecular weight is 504 g/mol. The largest absolute Gasteiger partial charge is 0.466 e. The summed E-state index contributed by atoms with van der Waals surface area (Å²) in [6.45, 7) is 8.71. The van der Waals surface area contributed by atoms with Crippen molar-refractivity contribution in [2.24, 2.45) is 0 Å².